The maximum absolute atomic E-state index is 5.91. The molecule has 0 radical (unpaired) electrons. The molecule has 2 aromatic carbocycles. The predicted octanol–water partition coefficient (Wildman–Crippen LogP) is 3.58. The minimum atomic E-state index is 0.269. The second-order valence-corrected chi connectivity index (χ2v) is 5.38. The first-order chi connectivity index (χ1) is 11.8. The molecule has 0 aliphatic carbocycles. The van der Waals surface area contributed by atoms with Crippen molar-refractivity contribution in [2.75, 3.05) is 5.73 Å². The van der Waals surface area contributed by atoms with Crippen molar-refractivity contribution < 1.29 is 0 Å². The SMILES string of the molecule is Nc1nc(-c2ccccc2)cc(-c2ccc(-n3ccnc3)cc2)n1. The summed E-state index contributed by atoms with van der Waals surface area (Å²) in [4.78, 5) is 12.8. The van der Waals surface area contributed by atoms with E-state index in [0.717, 1.165) is 28.2 Å². The molecule has 0 atom stereocenters. The van der Waals surface area contributed by atoms with Gasteiger partial charge in [-0.25, -0.2) is 15.0 Å². The van der Waals surface area contributed by atoms with Gasteiger partial charge in [0, 0.05) is 29.2 Å². The van der Waals surface area contributed by atoms with E-state index in [1.165, 1.54) is 0 Å². The summed E-state index contributed by atoms with van der Waals surface area (Å²) in [5.74, 6) is 0.269. The van der Waals surface area contributed by atoms with Crippen molar-refractivity contribution >= 4 is 5.95 Å². The molecule has 0 saturated carbocycles. The van der Waals surface area contributed by atoms with Gasteiger partial charge in [0.1, 0.15) is 0 Å². The van der Waals surface area contributed by atoms with Gasteiger partial charge in [0.15, 0.2) is 0 Å². The monoisotopic (exact) mass is 313 g/mol. The van der Waals surface area contributed by atoms with Gasteiger partial charge in [-0.3, -0.25) is 0 Å². The van der Waals surface area contributed by atoms with Crippen molar-refractivity contribution in [2.45, 2.75) is 0 Å². The fourth-order valence-corrected chi connectivity index (χ4v) is 2.59. The Morgan fingerprint density at radius 3 is 2.08 bits per heavy atom. The first kappa shape index (κ1) is 14.1. The van der Waals surface area contributed by atoms with E-state index in [4.69, 9.17) is 5.73 Å². The lowest BCUT2D eigenvalue weighted by Crippen LogP contribution is -1.99. The molecular formula is C19H15N5. The maximum Gasteiger partial charge on any atom is 0.221 e. The number of imidazole rings is 1. The normalized spacial score (nSPS) is 10.7. The molecule has 0 aliphatic rings. The van der Waals surface area contributed by atoms with E-state index in [1.807, 2.05) is 71.4 Å². The molecule has 0 aliphatic heterocycles. The molecule has 2 N–H and O–H groups in total. The molecule has 0 amide bonds. The van der Waals surface area contributed by atoms with Crippen LogP contribution in [0.4, 0.5) is 5.95 Å². The van der Waals surface area contributed by atoms with Crippen molar-refractivity contribution in [1.82, 2.24) is 19.5 Å². The van der Waals surface area contributed by atoms with Crippen LogP contribution >= 0.6 is 0 Å². The zero-order valence-electron chi connectivity index (χ0n) is 12.9. The van der Waals surface area contributed by atoms with Gasteiger partial charge in [0.2, 0.25) is 5.95 Å². The van der Waals surface area contributed by atoms with Crippen LogP contribution in [0.5, 0.6) is 0 Å². The topological polar surface area (TPSA) is 69.6 Å². The fraction of sp³-hybridized carbons (Fsp3) is 0. The van der Waals surface area contributed by atoms with E-state index in [1.54, 1.807) is 12.5 Å². The number of aromatic nitrogens is 4. The van der Waals surface area contributed by atoms with Crippen LogP contribution in [0.2, 0.25) is 0 Å². The molecule has 2 aromatic heterocycles. The van der Waals surface area contributed by atoms with Gasteiger partial charge < -0.3 is 10.3 Å². The Kier molecular flexibility index (Phi) is 3.51. The van der Waals surface area contributed by atoms with Gasteiger partial charge in [-0.2, -0.15) is 0 Å². The second kappa shape index (κ2) is 5.96. The van der Waals surface area contributed by atoms with Gasteiger partial charge >= 0.3 is 0 Å². The third-order valence-electron chi connectivity index (χ3n) is 3.78. The van der Waals surface area contributed by atoms with Crippen LogP contribution < -0.4 is 5.73 Å². The number of anilines is 1. The molecule has 24 heavy (non-hydrogen) atoms. The van der Waals surface area contributed by atoms with Crippen LogP contribution in [0.3, 0.4) is 0 Å². The molecule has 4 rings (SSSR count). The minimum Gasteiger partial charge on any atom is -0.368 e. The first-order valence-electron chi connectivity index (χ1n) is 7.58. The molecule has 0 saturated heterocycles. The molecule has 116 valence electrons. The number of hydrogen-bond donors (Lipinski definition) is 1. The molecule has 5 heteroatoms. The summed E-state index contributed by atoms with van der Waals surface area (Å²) < 4.78 is 1.95. The summed E-state index contributed by atoms with van der Waals surface area (Å²) in [5, 5.41) is 0. The highest BCUT2D eigenvalue weighted by atomic mass is 15.0. The number of nitrogen functional groups attached to an aromatic ring is 1. The van der Waals surface area contributed by atoms with E-state index < -0.39 is 0 Å². The van der Waals surface area contributed by atoms with Crippen LogP contribution in [0.15, 0.2) is 79.4 Å². The average Bonchev–Trinajstić information content (AvgIpc) is 3.17. The Balaban J connectivity index is 1.73. The molecule has 0 bridgehead atoms. The Labute approximate surface area is 139 Å². The number of nitrogens with two attached hydrogens (primary N) is 1. The molecule has 0 spiro atoms. The number of hydrogen-bond acceptors (Lipinski definition) is 4. The Morgan fingerprint density at radius 2 is 1.46 bits per heavy atom. The number of benzene rings is 2. The van der Waals surface area contributed by atoms with Crippen LogP contribution in [-0.2, 0) is 0 Å². The second-order valence-electron chi connectivity index (χ2n) is 5.38. The lowest BCUT2D eigenvalue weighted by molar-refractivity contribution is 1.06. The molecular weight excluding hydrogens is 298 g/mol. The van der Waals surface area contributed by atoms with E-state index in [9.17, 15) is 0 Å². The Bertz CT molecular complexity index is 945. The standard InChI is InChI=1S/C19H15N5/c20-19-22-17(14-4-2-1-3-5-14)12-18(23-19)15-6-8-16(9-7-15)24-11-10-21-13-24/h1-13H,(H2,20,22,23). The van der Waals surface area contributed by atoms with Crippen LogP contribution in [-0.4, -0.2) is 19.5 Å². The molecule has 5 nitrogen and oxygen atoms in total. The zero-order valence-corrected chi connectivity index (χ0v) is 12.9. The van der Waals surface area contributed by atoms with Crippen molar-refractivity contribution in [2.24, 2.45) is 0 Å². The van der Waals surface area contributed by atoms with Gasteiger partial charge in [-0.05, 0) is 18.2 Å². The summed E-state index contributed by atoms with van der Waals surface area (Å²) >= 11 is 0. The Hall–Kier alpha value is -3.47. The van der Waals surface area contributed by atoms with E-state index >= 15 is 0 Å². The first-order valence-corrected chi connectivity index (χ1v) is 7.58. The third-order valence-corrected chi connectivity index (χ3v) is 3.78. The summed E-state index contributed by atoms with van der Waals surface area (Å²) in [7, 11) is 0. The van der Waals surface area contributed by atoms with Gasteiger partial charge in [0.25, 0.3) is 0 Å². The minimum absolute atomic E-state index is 0.269. The van der Waals surface area contributed by atoms with Gasteiger partial charge in [-0.15, -0.1) is 0 Å². The highest BCUT2D eigenvalue weighted by Gasteiger charge is 2.07. The zero-order chi connectivity index (χ0) is 16.4. The molecule has 0 unspecified atom stereocenters. The van der Waals surface area contributed by atoms with E-state index in [0.29, 0.717) is 0 Å². The van der Waals surface area contributed by atoms with Crippen molar-refractivity contribution in [1.29, 1.82) is 0 Å². The van der Waals surface area contributed by atoms with Gasteiger partial charge in [-0.1, -0.05) is 42.5 Å². The average molecular weight is 313 g/mol. The van der Waals surface area contributed by atoms with Crippen LogP contribution in [0, 0.1) is 0 Å². The smallest absolute Gasteiger partial charge is 0.221 e. The molecule has 0 fully saturated rings. The lowest BCUT2D eigenvalue weighted by Gasteiger charge is -2.08. The largest absolute Gasteiger partial charge is 0.368 e. The summed E-state index contributed by atoms with van der Waals surface area (Å²) in [6.07, 6.45) is 5.43. The van der Waals surface area contributed by atoms with Crippen molar-refractivity contribution in [3.63, 3.8) is 0 Å². The van der Waals surface area contributed by atoms with Gasteiger partial charge in [0.05, 0.1) is 17.7 Å². The number of rotatable bonds is 3. The van der Waals surface area contributed by atoms with E-state index in [-0.39, 0.29) is 5.95 Å². The highest BCUT2D eigenvalue weighted by Crippen LogP contribution is 2.25. The summed E-state index contributed by atoms with van der Waals surface area (Å²) in [6.45, 7) is 0. The highest BCUT2D eigenvalue weighted by molar-refractivity contribution is 5.69. The lowest BCUT2D eigenvalue weighted by atomic mass is 10.1. The number of nitrogens with zero attached hydrogens (tertiary/aromatic N) is 4. The van der Waals surface area contributed by atoms with Crippen LogP contribution in [0.1, 0.15) is 0 Å². The predicted molar refractivity (Wildman–Crippen MR) is 94.4 cm³/mol. The van der Waals surface area contributed by atoms with Crippen molar-refractivity contribution in [3.05, 3.63) is 79.4 Å². The quantitative estimate of drug-likeness (QED) is 0.627. The summed E-state index contributed by atoms with van der Waals surface area (Å²) in [6, 6.07) is 20.0. The maximum atomic E-state index is 5.91. The molecule has 4 aromatic rings. The van der Waals surface area contributed by atoms with Crippen LogP contribution in [0.25, 0.3) is 28.2 Å². The fourth-order valence-electron chi connectivity index (χ4n) is 2.59. The Morgan fingerprint density at radius 1 is 0.792 bits per heavy atom. The molecule has 2 heterocycles. The van der Waals surface area contributed by atoms with E-state index in [2.05, 4.69) is 15.0 Å². The summed E-state index contributed by atoms with van der Waals surface area (Å²) in [5.41, 5.74) is 10.6. The third kappa shape index (κ3) is 2.75. The van der Waals surface area contributed by atoms with Crippen molar-refractivity contribution in [3.8, 4) is 28.2 Å².